The molecular weight excluding hydrogens is 596 g/mol. The summed E-state index contributed by atoms with van der Waals surface area (Å²) in [6, 6.07) is 14.3. The molecule has 5 N–H and O–H groups in total. The molecule has 0 aliphatic heterocycles. The van der Waals surface area contributed by atoms with Crippen molar-refractivity contribution in [3.8, 4) is 16.8 Å². The molecule has 0 fully saturated rings. The van der Waals surface area contributed by atoms with Crippen molar-refractivity contribution in [2.45, 2.75) is 19.7 Å². The zero-order chi connectivity index (χ0) is 30.8. The lowest BCUT2D eigenvalue weighted by atomic mass is 10.00. The molecule has 0 atom stereocenters. The van der Waals surface area contributed by atoms with E-state index in [-0.39, 0.29) is 22.8 Å². The number of rotatable bonds is 9. The predicted molar refractivity (Wildman–Crippen MR) is 158 cm³/mol. The molecule has 0 saturated carbocycles. The Labute approximate surface area is 249 Å². The average Bonchev–Trinajstić information content (AvgIpc) is 3.35. The summed E-state index contributed by atoms with van der Waals surface area (Å²) in [5, 5.41) is 11.5. The number of aliphatic hydroxyl groups excluding tert-OH is 1. The highest BCUT2D eigenvalue weighted by Gasteiger charge is 2.35. The van der Waals surface area contributed by atoms with Gasteiger partial charge in [-0.3, -0.25) is 9.31 Å². The second kappa shape index (κ2) is 12.6. The molecule has 0 radical (unpaired) electrons. The maximum atomic E-state index is 15.2. The highest BCUT2D eigenvalue weighted by atomic mass is 35.5. The fourth-order valence-electron chi connectivity index (χ4n) is 4.40. The quantitative estimate of drug-likeness (QED) is 0.0644. The van der Waals surface area contributed by atoms with Gasteiger partial charge in [0, 0.05) is 35.6 Å². The Morgan fingerprint density at radius 1 is 1.12 bits per heavy atom. The monoisotopic (exact) mass is 622 g/mol. The third kappa shape index (κ3) is 6.35. The number of nitrogens with two attached hydrogens (primary N) is 2. The molecule has 4 rings (SSSR count). The smallest absolute Gasteiger partial charge is 0.403 e. The fourth-order valence-corrected chi connectivity index (χ4v) is 4.99. The zero-order valence-corrected chi connectivity index (χ0v) is 24.2. The van der Waals surface area contributed by atoms with Gasteiger partial charge in [-0.15, -0.1) is 0 Å². The van der Waals surface area contributed by atoms with Crippen molar-refractivity contribution in [3.63, 3.8) is 0 Å². The van der Waals surface area contributed by atoms with E-state index in [2.05, 4.69) is 4.98 Å². The van der Waals surface area contributed by atoms with Gasteiger partial charge in [0.25, 0.3) is 0 Å². The molecule has 4 aromatic rings. The number of hydrogen-bond acceptors (Lipinski definition) is 8. The second-order valence-electron chi connectivity index (χ2n) is 9.03. The van der Waals surface area contributed by atoms with Crippen LogP contribution in [0.1, 0.15) is 22.6 Å². The Morgan fingerprint density at radius 3 is 2.36 bits per heavy atom. The first-order valence-corrected chi connectivity index (χ1v) is 13.4. The normalized spacial score (nSPS) is 12.1. The minimum Gasteiger partial charge on any atom is -0.403 e. The van der Waals surface area contributed by atoms with Crippen LogP contribution in [0.5, 0.6) is 0 Å². The van der Waals surface area contributed by atoms with Crippen molar-refractivity contribution in [2.75, 3.05) is 23.5 Å². The van der Waals surface area contributed by atoms with Gasteiger partial charge in [0.1, 0.15) is 23.9 Å². The Morgan fingerprint density at radius 2 is 1.79 bits per heavy atom. The van der Waals surface area contributed by atoms with Gasteiger partial charge in [-0.1, -0.05) is 29.8 Å². The van der Waals surface area contributed by atoms with E-state index >= 15 is 4.39 Å². The van der Waals surface area contributed by atoms with E-state index in [1.807, 2.05) is 0 Å². The van der Waals surface area contributed by atoms with E-state index in [1.165, 1.54) is 35.9 Å². The standard InChI is InChI=1S/C28H27ClF4N6O2S/c1-16-36-27(28(31,32)33)14-38(16)23-9-6-18(19-10-22(30)21(15-40)24(12-19)37(2)42-41-3)11-25(23)39(35)26(13-34)17-4-7-20(29)8-5-17/h4-14,40H,15,34-35H2,1-3H3/b26-13-. The topological polar surface area (TPSA) is 106 Å². The molecule has 0 spiro atoms. The molecule has 8 nitrogen and oxygen atoms in total. The van der Waals surface area contributed by atoms with E-state index in [4.69, 9.17) is 27.4 Å². The van der Waals surface area contributed by atoms with Crippen molar-refractivity contribution in [1.29, 1.82) is 0 Å². The lowest BCUT2D eigenvalue weighted by molar-refractivity contribution is -0.141. The summed E-state index contributed by atoms with van der Waals surface area (Å²) in [6.45, 7) is 0.884. The summed E-state index contributed by atoms with van der Waals surface area (Å²) in [4.78, 5) is 3.68. The van der Waals surface area contributed by atoms with Gasteiger partial charge >= 0.3 is 6.18 Å². The molecule has 0 unspecified atom stereocenters. The molecule has 222 valence electrons. The molecule has 0 amide bonds. The number of hydrazine groups is 1. The number of aryl methyl sites for hydroxylation is 1. The van der Waals surface area contributed by atoms with Crippen molar-refractivity contribution >= 4 is 40.9 Å². The number of benzene rings is 3. The summed E-state index contributed by atoms with van der Waals surface area (Å²) in [7, 11) is 3.10. The van der Waals surface area contributed by atoms with Gasteiger partial charge in [-0.05, 0) is 54.4 Å². The molecule has 1 aromatic heterocycles. The number of aliphatic hydroxyl groups is 1. The molecule has 0 aliphatic rings. The van der Waals surface area contributed by atoms with Gasteiger partial charge in [-0.25, -0.2) is 15.2 Å². The van der Waals surface area contributed by atoms with Crippen LogP contribution in [-0.4, -0.2) is 28.8 Å². The van der Waals surface area contributed by atoms with Crippen molar-refractivity contribution in [3.05, 3.63) is 100 Å². The van der Waals surface area contributed by atoms with Crippen LogP contribution in [0.2, 0.25) is 5.02 Å². The number of nitrogens with zero attached hydrogens (tertiary/aromatic N) is 4. The van der Waals surface area contributed by atoms with Crippen molar-refractivity contribution in [2.24, 2.45) is 11.6 Å². The summed E-state index contributed by atoms with van der Waals surface area (Å²) < 4.78 is 63.6. The summed E-state index contributed by atoms with van der Waals surface area (Å²) in [5.74, 6) is 6.01. The number of imidazole rings is 1. The third-order valence-corrected chi connectivity index (χ3v) is 7.23. The summed E-state index contributed by atoms with van der Waals surface area (Å²) in [6.07, 6.45) is -2.54. The van der Waals surface area contributed by atoms with Crippen LogP contribution in [0.25, 0.3) is 22.5 Å². The van der Waals surface area contributed by atoms with Gasteiger partial charge in [-0.2, -0.15) is 13.2 Å². The van der Waals surface area contributed by atoms with Crippen LogP contribution in [0.3, 0.4) is 0 Å². The third-order valence-electron chi connectivity index (χ3n) is 6.41. The van der Waals surface area contributed by atoms with Crippen LogP contribution in [0, 0.1) is 12.7 Å². The minimum absolute atomic E-state index is 0.0629. The molecule has 3 aromatic carbocycles. The van der Waals surface area contributed by atoms with Gasteiger partial charge in [0.05, 0.1) is 36.5 Å². The SMILES string of the molecule is COSN(C)c1cc(-c2ccc(-n3cc(C(F)(F)F)nc3C)c(N(N)/C(=C\N)c3ccc(Cl)cc3)c2)cc(F)c1CO. The lowest BCUT2D eigenvalue weighted by Crippen LogP contribution is -2.31. The molecule has 42 heavy (non-hydrogen) atoms. The first kappa shape index (κ1) is 31.2. The number of alkyl halides is 3. The Kier molecular flexibility index (Phi) is 9.38. The first-order valence-electron chi connectivity index (χ1n) is 12.3. The van der Waals surface area contributed by atoms with E-state index in [1.54, 1.807) is 59.9 Å². The summed E-state index contributed by atoms with van der Waals surface area (Å²) >= 11 is 6.98. The molecule has 0 saturated heterocycles. The van der Waals surface area contributed by atoms with Crippen LogP contribution in [0.15, 0.2) is 67.0 Å². The highest BCUT2D eigenvalue weighted by Crippen LogP contribution is 2.38. The van der Waals surface area contributed by atoms with Crippen LogP contribution >= 0.6 is 23.8 Å². The van der Waals surface area contributed by atoms with Crippen molar-refractivity contribution < 1.29 is 26.9 Å². The molecule has 1 heterocycles. The van der Waals surface area contributed by atoms with E-state index in [0.29, 0.717) is 33.1 Å². The predicted octanol–water partition coefficient (Wildman–Crippen LogP) is 6.43. The summed E-state index contributed by atoms with van der Waals surface area (Å²) in [5.41, 5.74) is 7.60. The minimum atomic E-state index is -4.67. The maximum absolute atomic E-state index is 15.2. The molecule has 0 aliphatic carbocycles. The van der Waals surface area contributed by atoms with E-state index in [0.717, 1.165) is 18.4 Å². The fraction of sp³-hybridized carbons (Fsp3) is 0.179. The first-order chi connectivity index (χ1) is 19.9. The lowest BCUT2D eigenvalue weighted by Gasteiger charge is -2.26. The van der Waals surface area contributed by atoms with Crippen LogP contribution < -0.4 is 20.9 Å². The second-order valence-corrected chi connectivity index (χ2v) is 10.5. The maximum Gasteiger partial charge on any atom is 0.434 e. The molecular formula is C28H27ClF4N6O2S. The Hall–Kier alpha value is -3.75. The Balaban J connectivity index is 1.94. The molecule has 14 heteroatoms. The van der Waals surface area contributed by atoms with Crippen LogP contribution in [-0.2, 0) is 17.0 Å². The number of anilines is 2. The zero-order valence-electron chi connectivity index (χ0n) is 22.7. The van der Waals surface area contributed by atoms with Gasteiger partial charge < -0.3 is 19.6 Å². The molecule has 0 bridgehead atoms. The average molecular weight is 623 g/mol. The van der Waals surface area contributed by atoms with Gasteiger partial charge in [0.2, 0.25) is 0 Å². The largest absolute Gasteiger partial charge is 0.434 e. The Bertz CT molecular complexity index is 1610. The number of halogens is 5. The van der Waals surface area contributed by atoms with Gasteiger partial charge in [0.15, 0.2) is 5.69 Å². The highest BCUT2D eigenvalue weighted by molar-refractivity contribution is 7.96. The van der Waals surface area contributed by atoms with Crippen LogP contribution in [0.4, 0.5) is 28.9 Å². The number of hydrogen-bond donors (Lipinski definition) is 3. The van der Waals surface area contributed by atoms with E-state index in [9.17, 15) is 18.3 Å². The number of aromatic nitrogens is 2. The van der Waals surface area contributed by atoms with E-state index < -0.39 is 24.3 Å². The van der Waals surface area contributed by atoms with Crippen molar-refractivity contribution in [1.82, 2.24) is 9.55 Å².